The number of amides is 3. The smallest absolute Gasteiger partial charge is 0.258 e. The second-order valence-electron chi connectivity index (χ2n) is 16.9. The third kappa shape index (κ3) is 20.0. The standard InChI is InChI=1S/C57H73FN4O6/c1-4-5-6-7-8-9-10-11-12-13-14-15-16-17-18-19-26-31-51(65)59-37-40-68-41-38-60-52(66)43-50(64)42-49(63)36-39-62-55(44(2)3)54(57(67)61-48-29-24-21-25-30-48)53(45-27-22-20-23-28-45)56(62)46-32-34-47(58)35-33-46/h5-6,8-9,11-12,14-15,17-18,20-25,27-30,32-35,44,49-50,63-64H,4,7,10,13,16,19,26,31,36-43H2,1-3H3,(H,59,65)(H,60,66)(H,61,67). The number of hydrogen-bond donors (Lipinski definition) is 5. The van der Waals surface area contributed by atoms with Crippen LogP contribution in [0.1, 0.15) is 113 Å². The van der Waals surface area contributed by atoms with Crippen LogP contribution < -0.4 is 16.0 Å². The van der Waals surface area contributed by atoms with Crippen molar-refractivity contribution < 1.29 is 33.7 Å². The predicted molar refractivity (Wildman–Crippen MR) is 275 cm³/mol. The number of allylic oxidation sites excluding steroid dienone is 10. The first-order valence-electron chi connectivity index (χ1n) is 24.2. The number of ether oxygens (including phenoxy) is 1. The summed E-state index contributed by atoms with van der Waals surface area (Å²) in [6.07, 6.45) is 26.4. The highest BCUT2D eigenvalue weighted by atomic mass is 19.1. The molecular formula is C57H73FN4O6. The van der Waals surface area contributed by atoms with Gasteiger partial charge in [0.05, 0.1) is 43.1 Å². The Balaban J connectivity index is 1.17. The van der Waals surface area contributed by atoms with E-state index in [4.69, 9.17) is 4.74 Å². The summed E-state index contributed by atoms with van der Waals surface area (Å²) in [5.41, 5.74) is 4.79. The van der Waals surface area contributed by atoms with E-state index < -0.39 is 12.2 Å². The van der Waals surface area contributed by atoms with Crippen LogP contribution in [0.3, 0.4) is 0 Å². The Kier molecular flexibility index (Phi) is 25.4. The molecule has 10 nitrogen and oxygen atoms in total. The highest BCUT2D eigenvalue weighted by Gasteiger charge is 2.31. The molecular weight excluding hydrogens is 856 g/mol. The van der Waals surface area contributed by atoms with Crippen LogP contribution in [0.2, 0.25) is 0 Å². The number of unbranched alkanes of at least 4 members (excludes halogenated alkanes) is 1. The van der Waals surface area contributed by atoms with Gasteiger partial charge >= 0.3 is 0 Å². The average Bonchev–Trinajstić information content (AvgIpc) is 3.68. The summed E-state index contributed by atoms with van der Waals surface area (Å²) >= 11 is 0. The predicted octanol–water partition coefficient (Wildman–Crippen LogP) is 11.4. The van der Waals surface area contributed by atoms with Crippen molar-refractivity contribution in [2.75, 3.05) is 31.6 Å². The van der Waals surface area contributed by atoms with Crippen LogP contribution in [-0.2, 0) is 20.9 Å². The largest absolute Gasteiger partial charge is 0.393 e. The van der Waals surface area contributed by atoms with Crippen molar-refractivity contribution in [2.45, 2.75) is 116 Å². The maximum absolute atomic E-state index is 14.3. The summed E-state index contributed by atoms with van der Waals surface area (Å²) in [7, 11) is 0. The van der Waals surface area contributed by atoms with Crippen molar-refractivity contribution in [3.63, 3.8) is 0 Å². The van der Waals surface area contributed by atoms with Gasteiger partial charge in [-0.25, -0.2) is 4.39 Å². The van der Waals surface area contributed by atoms with Crippen LogP contribution in [0, 0.1) is 5.82 Å². The van der Waals surface area contributed by atoms with Gasteiger partial charge in [0.25, 0.3) is 5.91 Å². The molecule has 1 heterocycles. The van der Waals surface area contributed by atoms with Crippen molar-refractivity contribution in [3.8, 4) is 22.4 Å². The van der Waals surface area contributed by atoms with Crippen LogP contribution in [0.15, 0.2) is 146 Å². The van der Waals surface area contributed by atoms with Crippen molar-refractivity contribution in [2.24, 2.45) is 0 Å². The quantitative estimate of drug-likeness (QED) is 0.0251. The minimum Gasteiger partial charge on any atom is -0.393 e. The van der Waals surface area contributed by atoms with Gasteiger partial charge in [0.1, 0.15) is 5.82 Å². The molecule has 0 aliphatic heterocycles. The summed E-state index contributed by atoms with van der Waals surface area (Å²) in [5, 5.41) is 30.7. The highest BCUT2D eigenvalue weighted by Crippen LogP contribution is 2.42. The average molecular weight is 929 g/mol. The number of halogens is 1. The molecule has 0 bridgehead atoms. The number of benzene rings is 3. The van der Waals surface area contributed by atoms with E-state index in [0.717, 1.165) is 56.2 Å². The van der Waals surface area contributed by atoms with E-state index in [1.54, 1.807) is 12.1 Å². The Morgan fingerprint density at radius 2 is 1.25 bits per heavy atom. The molecule has 11 heteroatoms. The molecule has 0 saturated carbocycles. The lowest BCUT2D eigenvalue weighted by atomic mass is 9.94. The van der Waals surface area contributed by atoms with E-state index >= 15 is 0 Å². The first-order chi connectivity index (χ1) is 33.1. The molecule has 0 saturated heterocycles. The highest BCUT2D eigenvalue weighted by molar-refractivity contribution is 6.12. The van der Waals surface area contributed by atoms with Gasteiger partial charge in [0.15, 0.2) is 0 Å². The molecule has 1 aromatic heterocycles. The molecule has 0 aliphatic carbocycles. The van der Waals surface area contributed by atoms with E-state index in [1.165, 1.54) is 12.1 Å². The van der Waals surface area contributed by atoms with Crippen LogP contribution >= 0.6 is 0 Å². The maximum Gasteiger partial charge on any atom is 0.258 e. The molecule has 3 aromatic carbocycles. The fourth-order valence-electron chi connectivity index (χ4n) is 7.75. The number of nitrogens with zero attached hydrogens (tertiary/aromatic N) is 1. The van der Waals surface area contributed by atoms with Gasteiger partial charge in [0.2, 0.25) is 11.8 Å². The molecule has 2 atom stereocenters. The molecule has 0 aliphatic rings. The number of nitrogens with one attached hydrogen (secondary N) is 3. The Hall–Kier alpha value is -6.14. The fourth-order valence-corrected chi connectivity index (χ4v) is 7.75. The molecule has 4 aromatic rings. The van der Waals surface area contributed by atoms with Gasteiger partial charge in [-0.3, -0.25) is 14.4 Å². The molecule has 5 N–H and O–H groups in total. The molecule has 2 unspecified atom stereocenters. The van der Waals surface area contributed by atoms with E-state index in [2.05, 4.69) is 83.6 Å². The number of hydrogen-bond acceptors (Lipinski definition) is 6. The number of carbonyl (C=O) groups excluding carboxylic acids is 3. The Morgan fingerprint density at radius 1 is 0.691 bits per heavy atom. The molecule has 0 spiro atoms. The number of aliphatic hydroxyl groups excluding tert-OH is 2. The van der Waals surface area contributed by atoms with Crippen LogP contribution in [0.25, 0.3) is 22.4 Å². The van der Waals surface area contributed by atoms with E-state index in [0.29, 0.717) is 47.6 Å². The lowest BCUT2D eigenvalue weighted by molar-refractivity contribution is -0.123. The van der Waals surface area contributed by atoms with Crippen molar-refractivity contribution in [3.05, 3.63) is 163 Å². The van der Waals surface area contributed by atoms with Gasteiger partial charge in [0, 0.05) is 43.0 Å². The van der Waals surface area contributed by atoms with E-state index in [1.807, 2.05) is 79.1 Å². The van der Waals surface area contributed by atoms with E-state index in [-0.39, 0.29) is 68.4 Å². The normalized spacial score (nSPS) is 12.9. The number of para-hydroxylation sites is 1. The summed E-state index contributed by atoms with van der Waals surface area (Å²) in [6, 6.07) is 25.0. The summed E-state index contributed by atoms with van der Waals surface area (Å²) in [4.78, 5) is 39.2. The van der Waals surface area contributed by atoms with Crippen molar-refractivity contribution >= 4 is 23.4 Å². The fraction of sp³-hybridized carbons (Fsp3) is 0.386. The monoisotopic (exact) mass is 929 g/mol. The second kappa shape index (κ2) is 31.8. The number of aliphatic hydroxyl groups is 2. The molecule has 68 heavy (non-hydrogen) atoms. The van der Waals surface area contributed by atoms with E-state index in [9.17, 15) is 29.0 Å². The number of aromatic nitrogens is 1. The van der Waals surface area contributed by atoms with Gasteiger partial charge in [-0.1, -0.05) is 130 Å². The van der Waals surface area contributed by atoms with Crippen LogP contribution in [0.4, 0.5) is 10.1 Å². The Labute approximate surface area is 403 Å². The Morgan fingerprint density at radius 3 is 1.84 bits per heavy atom. The summed E-state index contributed by atoms with van der Waals surface area (Å²) in [6.45, 7) is 7.58. The van der Waals surface area contributed by atoms with Gasteiger partial charge < -0.3 is 35.5 Å². The topological polar surface area (TPSA) is 142 Å². The first-order valence-corrected chi connectivity index (χ1v) is 24.2. The Bertz CT molecular complexity index is 2250. The molecule has 4 rings (SSSR count). The van der Waals surface area contributed by atoms with Gasteiger partial charge in [-0.2, -0.15) is 0 Å². The molecule has 0 fully saturated rings. The van der Waals surface area contributed by atoms with Crippen LogP contribution in [-0.4, -0.2) is 71.0 Å². The first kappa shape index (κ1) is 54.5. The molecule has 0 radical (unpaired) electrons. The second-order valence-corrected chi connectivity index (χ2v) is 16.9. The molecule has 3 amide bonds. The minimum atomic E-state index is -1.10. The zero-order valence-corrected chi connectivity index (χ0v) is 40.3. The third-order valence-corrected chi connectivity index (χ3v) is 11.0. The zero-order valence-electron chi connectivity index (χ0n) is 40.3. The summed E-state index contributed by atoms with van der Waals surface area (Å²) < 4.78 is 21.9. The van der Waals surface area contributed by atoms with Gasteiger partial charge in [-0.15, -0.1) is 0 Å². The molecule has 364 valence electrons. The number of anilines is 1. The minimum absolute atomic E-state index is 0.0274. The number of rotatable bonds is 31. The lowest BCUT2D eigenvalue weighted by Crippen LogP contribution is -2.32. The van der Waals surface area contributed by atoms with Gasteiger partial charge in [-0.05, 0) is 111 Å². The van der Waals surface area contributed by atoms with Crippen molar-refractivity contribution in [1.29, 1.82) is 0 Å². The maximum atomic E-state index is 14.3. The third-order valence-electron chi connectivity index (χ3n) is 11.0. The SMILES string of the molecule is CCC=CCC=CCC=CCC=CCC=CCCCC(=O)NCCOCCNC(=O)CC(O)CC(O)CCn1c(-c2ccc(F)cc2)c(-c2ccccc2)c(C(=O)Nc2ccccc2)c1C(C)C. The lowest BCUT2D eigenvalue weighted by Gasteiger charge is -2.20. The number of carbonyl (C=O) groups is 3. The summed E-state index contributed by atoms with van der Waals surface area (Å²) in [5.74, 6) is -1.21. The van der Waals surface area contributed by atoms with Crippen molar-refractivity contribution in [1.82, 2.24) is 15.2 Å². The van der Waals surface area contributed by atoms with Crippen LogP contribution in [0.5, 0.6) is 0 Å². The zero-order chi connectivity index (χ0) is 48.8.